The number of aromatic carboxylic acids is 1. The normalized spacial score (nSPS) is 10.1. The fourth-order valence-corrected chi connectivity index (χ4v) is 1.90. The largest absolute Gasteiger partial charge is 0.476 e. The Morgan fingerprint density at radius 1 is 1.52 bits per heavy atom. The predicted molar refractivity (Wildman–Crippen MR) is 73.9 cm³/mol. The smallest absolute Gasteiger partial charge is 0.358 e. The molecule has 2 rings (SSSR count). The maximum atomic E-state index is 10.7. The molecule has 0 amide bonds. The van der Waals surface area contributed by atoms with Crippen molar-refractivity contribution < 1.29 is 9.90 Å². The first-order valence-corrected chi connectivity index (χ1v) is 6.27. The van der Waals surface area contributed by atoms with Gasteiger partial charge >= 0.3 is 5.97 Å². The lowest BCUT2D eigenvalue weighted by Gasteiger charge is -2.10. The van der Waals surface area contributed by atoms with Crippen LogP contribution in [0.1, 0.15) is 27.3 Å². The molecule has 0 radical (unpaired) electrons. The molecule has 2 aromatic heterocycles. The number of nitrogens with zero attached hydrogens (tertiary/aromatic N) is 5. The molecule has 0 aromatic carbocycles. The van der Waals surface area contributed by atoms with Crippen molar-refractivity contribution in [2.24, 2.45) is 0 Å². The van der Waals surface area contributed by atoms with Gasteiger partial charge in [-0.05, 0) is 25.5 Å². The Bertz CT molecular complexity index is 716. The standard InChI is InChI=1S/C13H14N6O2/c1-8-5-9(2)16-12(10(8)6-14)15-3-4-19-7-11(13(20)21)17-18-19/h5,7H,3-4H2,1-2H3,(H,15,16)(H,20,21). The van der Waals surface area contributed by atoms with Gasteiger partial charge in [-0.1, -0.05) is 5.21 Å². The van der Waals surface area contributed by atoms with E-state index in [1.165, 1.54) is 10.9 Å². The Morgan fingerprint density at radius 3 is 2.90 bits per heavy atom. The van der Waals surface area contributed by atoms with Gasteiger partial charge < -0.3 is 10.4 Å². The first kappa shape index (κ1) is 14.5. The second kappa shape index (κ2) is 6.00. The summed E-state index contributed by atoms with van der Waals surface area (Å²) in [6.45, 7) is 4.58. The number of aryl methyl sites for hydroxylation is 2. The minimum atomic E-state index is -1.11. The second-order valence-corrected chi connectivity index (χ2v) is 4.51. The molecule has 0 aliphatic heterocycles. The van der Waals surface area contributed by atoms with Gasteiger partial charge in [-0.25, -0.2) is 14.5 Å². The lowest BCUT2D eigenvalue weighted by atomic mass is 10.1. The molecule has 108 valence electrons. The molecule has 0 saturated heterocycles. The molecular formula is C13H14N6O2. The maximum absolute atomic E-state index is 10.7. The third-order valence-electron chi connectivity index (χ3n) is 2.85. The van der Waals surface area contributed by atoms with Crippen LogP contribution in [0.3, 0.4) is 0 Å². The average Bonchev–Trinajstić information content (AvgIpc) is 2.87. The van der Waals surface area contributed by atoms with Crippen molar-refractivity contribution in [1.82, 2.24) is 20.0 Å². The van der Waals surface area contributed by atoms with E-state index in [2.05, 4.69) is 26.7 Å². The minimum absolute atomic E-state index is 0.0998. The summed E-state index contributed by atoms with van der Waals surface area (Å²) >= 11 is 0. The zero-order chi connectivity index (χ0) is 15.4. The molecule has 8 nitrogen and oxygen atoms in total. The monoisotopic (exact) mass is 286 g/mol. The summed E-state index contributed by atoms with van der Waals surface area (Å²) in [5.41, 5.74) is 2.09. The Morgan fingerprint density at radius 2 is 2.29 bits per heavy atom. The molecule has 0 saturated carbocycles. The van der Waals surface area contributed by atoms with Crippen LogP contribution in [0, 0.1) is 25.2 Å². The van der Waals surface area contributed by atoms with Crippen LogP contribution in [0.4, 0.5) is 5.82 Å². The minimum Gasteiger partial charge on any atom is -0.476 e. The van der Waals surface area contributed by atoms with Crippen LogP contribution in [0.15, 0.2) is 12.3 Å². The molecule has 0 fully saturated rings. The van der Waals surface area contributed by atoms with Gasteiger partial charge in [-0.15, -0.1) is 5.10 Å². The molecule has 0 unspecified atom stereocenters. The van der Waals surface area contributed by atoms with Gasteiger partial charge in [0.1, 0.15) is 11.9 Å². The molecule has 21 heavy (non-hydrogen) atoms. The van der Waals surface area contributed by atoms with Crippen LogP contribution < -0.4 is 5.32 Å². The quantitative estimate of drug-likeness (QED) is 0.841. The van der Waals surface area contributed by atoms with Crippen molar-refractivity contribution in [3.8, 4) is 6.07 Å². The highest BCUT2D eigenvalue weighted by molar-refractivity contribution is 5.84. The summed E-state index contributed by atoms with van der Waals surface area (Å²) in [4.78, 5) is 15.0. The van der Waals surface area contributed by atoms with Gasteiger partial charge in [0.15, 0.2) is 5.69 Å². The van der Waals surface area contributed by atoms with Crippen molar-refractivity contribution in [3.05, 3.63) is 34.8 Å². The van der Waals surface area contributed by atoms with Crippen LogP contribution in [-0.4, -0.2) is 37.6 Å². The number of carboxylic acids is 1. The summed E-state index contributed by atoms with van der Waals surface area (Å²) < 4.78 is 1.42. The molecule has 0 spiro atoms. The molecule has 0 bridgehead atoms. The number of anilines is 1. The highest BCUT2D eigenvalue weighted by atomic mass is 16.4. The summed E-state index contributed by atoms with van der Waals surface area (Å²) in [7, 11) is 0. The van der Waals surface area contributed by atoms with Gasteiger partial charge in [0.05, 0.1) is 18.3 Å². The number of aromatic nitrogens is 4. The molecule has 2 heterocycles. The lowest BCUT2D eigenvalue weighted by Crippen LogP contribution is -2.13. The Hall–Kier alpha value is -2.95. The summed E-state index contributed by atoms with van der Waals surface area (Å²) in [5.74, 6) is -0.592. The van der Waals surface area contributed by atoms with Crippen LogP contribution in [0.5, 0.6) is 0 Å². The number of hydrogen-bond donors (Lipinski definition) is 2. The summed E-state index contributed by atoms with van der Waals surface area (Å²) in [6.07, 6.45) is 1.35. The number of nitriles is 1. The van der Waals surface area contributed by atoms with Gasteiger partial charge in [-0.3, -0.25) is 0 Å². The maximum Gasteiger partial charge on any atom is 0.358 e. The molecule has 2 N–H and O–H groups in total. The van der Waals surface area contributed by atoms with Crippen LogP contribution in [-0.2, 0) is 6.54 Å². The van der Waals surface area contributed by atoms with E-state index in [1.54, 1.807) is 0 Å². The van der Waals surface area contributed by atoms with E-state index < -0.39 is 5.97 Å². The van der Waals surface area contributed by atoms with Gasteiger partial charge in [-0.2, -0.15) is 5.26 Å². The van der Waals surface area contributed by atoms with Crippen molar-refractivity contribution in [3.63, 3.8) is 0 Å². The zero-order valence-corrected chi connectivity index (χ0v) is 11.7. The third-order valence-corrected chi connectivity index (χ3v) is 2.85. The highest BCUT2D eigenvalue weighted by Crippen LogP contribution is 2.17. The first-order chi connectivity index (χ1) is 10.0. The molecule has 0 aliphatic carbocycles. The topological polar surface area (TPSA) is 117 Å². The fraction of sp³-hybridized carbons (Fsp3) is 0.308. The average molecular weight is 286 g/mol. The lowest BCUT2D eigenvalue weighted by molar-refractivity contribution is 0.0690. The third kappa shape index (κ3) is 3.33. The van der Waals surface area contributed by atoms with Crippen LogP contribution in [0.25, 0.3) is 0 Å². The van der Waals surface area contributed by atoms with E-state index in [4.69, 9.17) is 10.4 Å². The fourth-order valence-electron chi connectivity index (χ4n) is 1.90. The Kier molecular flexibility index (Phi) is 4.13. The van der Waals surface area contributed by atoms with Crippen LogP contribution >= 0.6 is 0 Å². The first-order valence-electron chi connectivity index (χ1n) is 6.27. The Labute approximate surface area is 121 Å². The summed E-state index contributed by atoms with van der Waals surface area (Å²) in [6, 6.07) is 3.97. The highest BCUT2D eigenvalue weighted by Gasteiger charge is 2.10. The van der Waals surface area contributed by atoms with Gasteiger partial charge in [0.25, 0.3) is 0 Å². The van der Waals surface area contributed by atoms with Crippen molar-refractivity contribution in [1.29, 1.82) is 5.26 Å². The van der Waals surface area contributed by atoms with Crippen molar-refractivity contribution >= 4 is 11.8 Å². The van der Waals surface area contributed by atoms with E-state index in [0.29, 0.717) is 24.5 Å². The molecule has 0 atom stereocenters. The number of hydrogen-bond acceptors (Lipinski definition) is 6. The number of carbonyl (C=O) groups is 1. The zero-order valence-electron chi connectivity index (χ0n) is 11.7. The van der Waals surface area contributed by atoms with E-state index in [0.717, 1.165) is 11.3 Å². The molecule has 0 aliphatic rings. The van der Waals surface area contributed by atoms with Crippen molar-refractivity contribution in [2.75, 3.05) is 11.9 Å². The summed E-state index contributed by atoms with van der Waals surface area (Å²) in [5, 5.41) is 28.2. The second-order valence-electron chi connectivity index (χ2n) is 4.51. The van der Waals surface area contributed by atoms with Crippen LogP contribution in [0.2, 0.25) is 0 Å². The van der Waals surface area contributed by atoms with Gasteiger partial charge in [0, 0.05) is 12.2 Å². The SMILES string of the molecule is Cc1cc(C)c(C#N)c(NCCn2cc(C(=O)O)nn2)n1. The van der Waals surface area contributed by atoms with E-state index in [9.17, 15) is 4.79 Å². The number of carboxylic acid groups (broad SMARTS) is 1. The van der Waals surface area contributed by atoms with Gasteiger partial charge in [0.2, 0.25) is 0 Å². The Balaban J connectivity index is 2.03. The van der Waals surface area contributed by atoms with Crippen molar-refractivity contribution in [2.45, 2.75) is 20.4 Å². The van der Waals surface area contributed by atoms with E-state index in [-0.39, 0.29) is 5.69 Å². The number of rotatable bonds is 5. The predicted octanol–water partition coefficient (Wildman–Crippen LogP) is 0.972. The van der Waals surface area contributed by atoms with E-state index in [1.807, 2.05) is 19.9 Å². The van der Waals surface area contributed by atoms with E-state index >= 15 is 0 Å². The molecule has 8 heteroatoms. The molecule has 2 aromatic rings. The molecular weight excluding hydrogens is 272 g/mol. The number of nitrogens with one attached hydrogen (secondary N) is 1. The number of pyridine rings is 1.